The predicted molar refractivity (Wildman–Crippen MR) is 87.2 cm³/mol. The van der Waals surface area contributed by atoms with Crippen LogP contribution in [0.25, 0.3) is 0 Å². The van der Waals surface area contributed by atoms with E-state index in [1.54, 1.807) is 6.92 Å². The number of halogens is 1. The average Bonchev–Trinajstić information content (AvgIpc) is 2.74. The first-order valence-corrected chi connectivity index (χ1v) is 8.37. The molecule has 1 aromatic rings. The summed E-state index contributed by atoms with van der Waals surface area (Å²) in [5.74, 6) is 1.15. The van der Waals surface area contributed by atoms with Crippen molar-refractivity contribution in [1.82, 2.24) is 0 Å². The number of benzene rings is 1. The van der Waals surface area contributed by atoms with E-state index in [2.05, 4.69) is 15.9 Å². The number of anilines is 1. The largest absolute Gasteiger partial charge is 0.312 e. The Bertz CT molecular complexity index is 536. The summed E-state index contributed by atoms with van der Waals surface area (Å²) in [6.45, 7) is 6.34. The van der Waals surface area contributed by atoms with Gasteiger partial charge in [-0.25, -0.2) is 0 Å². The summed E-state index contributed by atoms with van der Waals surface area (Å²) in [5.41, 5.74) is 3.23. The van der Waals surface area contributed by atoms with Crippen LogP contribution in [0.5, 0.6) is 0 Å². The average molecular weight is 356 g/mol. The van der Waals surface area contributed by atoms with Gasteiger partial charge in [0.15, 0.2) is 5.12 Å². The van der Waals surface area contributed by atoms with Crippen molar-refractivity contribution in [3.8, 4) is 0 Å². The lowest BCUT2D eigenvalue weighted by atomic mass is 10.1. The highest BCUT2D eigenvalue weighted by Gasteiger charge is 2.31. The van der Waals surface area contributed by atoms with Gasteiger partial charge < -0.3 is 4.90 Å². The van der Waals surface area contributed by atoms with Crippen molar-refractivity contribution in [1.29, 1.82) is 0 Å². The topological polar surface area (TPSA) is 37.4 Å². The third kappa shape index (κ3) is 3.44. The molecule has 0 aromatic heterocycles. The van der Waals surface area contributed by atoms with Crippen molar-refractivity contribution in [2.24, 2.45) is 5.92 Å². The molecule has 0 radical (unpaired) electrons. The highest BCUT2D eigenvalue weighted by atomic mass is 79.9. The van der Waals surface area contributed by atoms with Gasteiger partial charge in [0, 0.05) is 35.8 Å². The highest BCUT2D eigenvalue weighted by molar-refractivity contribution is 9.10. The third-order valence-corrected chi connectivity index (χ3v) is 5.76. The number of nitrogens with zero attached hydrogens (tertiary/aromatic N) is 1. The molecule has 1 saturated heterocycles. The maximum Gasteiger partial charge on any atom is 0.227 e. The summed E-state index contributed by atoms with van der Waals surface area (Å²) < 4.78 is 1.09. The van der Waals surface area contributed by atoms with Crippen LogP contribution in [-0.4, -0.2) is 23.3 Å². The van der Waals surface area contributed by atoms with Crippen LogP contribution < -0.4 is 4.90 Å². The van der Waals surface area contributed by atoms with Crippen LogP contribution in [0.4, 0.5) is 5.69 Å². The van der Waals surface area contributed by atoms with E-state index in [1.165, 1.54) is 11.8 Å². The monoisotopic (exact) mass is 355 g/mol. The summed E-state index contributed by atoms with van der Waals surface area (Å²) in [4.78, 5) is 25.0. The number of carbonyl (C=O) groups excluding carboxylic acids is 2. The van der Waals surface area contributed by atoms with E-state index < -0.39 is 0 Å². The summed E-state index contributed by atoms with van der Waals surface area (Å²) >= 11 is 4.86. The van der Waals surface area contributed by atoms with E-state index in [-0.39, 0.29) is 16.9 Å². The van der Waals surface area contributed by atoms with Gasteiger partial charge in [-0.3, -0.25) is 9.59 Å². The molecule has 1 aliphatic heterocycles. The lowest BCUT2D eigenvalue weighted by Crippen LogP contribution is -2.25. The summed E-state index contributed by atoms with van der Waals surface area (Å²) in [6, 6.07) is 4.07. The van der Waals surface area contributed by atoms with Crippen LogP contribution >= 0.6 is 27.7 Å². The van der Waals surface area contributed by atoms with Gasteiger partial charge in [0.05, 0.1) is 0 Å². The Labute approximate surface area is 132 Å². The molecule has 1 heterocycles. The molecule has 1 aliphatic rings. The standard InChI is InChI=1S/C15H18BrNO2S/c1-9-4-13(5-10(2)15(9)16)17-7-12(6-14(17)19)8-20-11(3)18/h4-5,12H,6-8H2,1-3H3. The fourth-order valence-electron chi connectivity index (χ4n) is 2.46. The van der Waals surface area contributed by atoms with Crippen molar-refractivity contribution in [2.45, 2.75) is 27.2 Å². The SMILES string of the molecule is CC(=O)SCC1CC(=O)N(c2cc(C)c(Br)c(C)c2)C1. The molecular formula is C15H18BrNO2S. The Morgan fingerprint density at radius 1 is 1.40 bits per heavy atom. The van der Waals surface area contributed by atoms with Crippen LogP contribution in [0.1, 0.15) is 24.5 Å². The zero-order valence-corrected chi connectivity index (χ0v) is 14.3. The molecule has 5 heteroatoms. The fourth-order valence-corrected chi connectivity index (χ4v) is 3.38. The second-order valence-corrected chi connectivity index (χ2v) is 7.26. The van der Waals surface area contributed by atoms with E-state index in [0.717, 1.165) is 27.0 Å². The molecule has 1 atom stereocenters. The molecule has 20 heavy (non-hydrogen) atoms. The lowest BCUT2D eigenvalue weighted by molar-refractivity contribution is -0.117. The van der Waals surface area contributed by atoms with Crippen LogP contribution in [-0.2, 0) is 9.59 Å². The number of thioether (sulfide) groups is 1. The van der Waals surface area contributed by atoms with Gasteiger partial charge in [-0.1, -0.05) is 27.7 Å². The molecule has 0 bridgehead atoms. The molecular weight excluding hydrogens is 338 g/mol. The Morgan fingerprint density at radius 2 is 2.00 bits per heavy atom. The molecule has 0 saturated carbocycles. The van der Waals surface area contributed by atoms with Gasteiger partial charge >= 0.3 is 0 Å². The number of carbonyl (C=O) groups is 2. The van der Waals surface area contributed by atoms with Crippen molar-refractivity contribution >= 4 is 44.4 Å². The maximum atomic E-state index is 12.2. The zero-order chi connectivity index (χ0) is 14.9. The van der Waals surface area contributed by atoms with Gasteiger partial charge in [-0.2, -0.15) is 0 Å². The number of aryl methyl sites for hydroxylation is 2. The summed E-state index contributed by atoms with van der Waals surface area (Å²) in [6.07, 6.45) is 0.536. The first-order valence-electron chi connectivity index (χ1n) is 6.59. The quantitative estimate of drug-likeness (QED) is 0.829. The highest BCUT2D eigenvalue weighted by Crippen LogP contribution is 2.32. The van der Waals surface area contributed by atoms with Gasteiger partial charge in [0.2, 0.25) is 5.91 Å². The van der Waals surface area contributed by atoms with Crippen molar-refractivity contribution in [2.75, 3.05) is 17.2 Å². The van der Waals surface area contributed by atoms with Gasteiger partial charge in [-0.05, 0) is 43.0 Å². The smallest absolute Gasteiger partial charge is 0.227 e. The fraction of sp³-hybridized carbons (Fsp3) is 0.467. The van der Waals surface area contributed by atoms with Crippen molar-refractivity contribution < 1.29 is 9.59 Å². The van der Waals surface area contributed by atoms with Crippen LogP contribution in [0.3, 0.4) is 0 Å². The Hall–Kier alpha value is -0.810. The van der Waals surface area contributed by atoms with E-state index in [4.69, 9.17) is 0 Å². The van der Waals surface area contributed by atoms with E-state index in [0.29, 0.717) is 13.0 Å². The molecule has 1 amide bonds. The maximum absolute atomic E-state index is 12.2. The predicted octanol–water partition coefficient (Wildman–Crippen LogP) is 3.70. The first kappa shape index (κ1) is 15.6. The molecule has 2 rings (SSSR count). The van der Waals surface area contributed by atoms with Crippen LogP contribution in [0.15, 0.2) is 16.6 Å². The van der Waals surface area contributed by atoms with Crippen LogP contribution in [0.2, 0.25) is 0 Å². The minimum Gasteiger partial charge on any atom is -0.312 e. The summed E-state index contributed by atoms with van der Waals surface area (Å²) in [5, 5.41) is 0.117. The van der Waals surface area contributed by atoms with E-state index in [1.807, 2.05) is 30.9 Å². The molecule has 108 valence electrons. The first-order chi connectivity index (χ1) is 9.38. The van der Waals surface area contributed by atoms with Crippen LogP contribution in [0, 0.1) is 19.8 Å². The molecule has 1 unspecified atom stereocenters. The van der Waals surface area contributed by atoms with E-state index in [9.17, 15) is 9.59 Å². The molecule has 3 nitrogen and oxygen atoms in total. The Kier molecular flexibility index (Phi) is 4.91. The Balaban J connectivity index is 2.14. The zero-order valence-electron chi connectivity index (χ0n) is 11.9. The van der Waals surface area contributed by atoms with Crippen molar-refractivity contribution in [3.05, 3.63) is 27.7 Å². The second kappa shape index (κ2) is 6.31. The number of hydrogen-bond acceptors (Lipinski definition) is 3. The molecule has 0 N–H and O–H groups in total. The normalized spacial score (nSPS) is 18.7. The Morgan fingerprint density at radius 3 is 2.55 bits per heavy atom. The third-order valence-electron chi connectivity index (χ3n) is 3.46. The minimum atomic E-state index is 0.117. The molecule has 1 fully saturated rings. The number of hydrogen-bond donors (Lipinski definition) is 0. The summed E-state index contributed by atoms with van der Waals surface area (Å²) in [7, 11) is 0. The van der Waals surface area contributed by atoms with E-state index >= 15 is 0 Å². The van der Waals surface area contributed by atoms with Gasteiger partial charge in [-0.15, -0.1) is 0 Å². The van der Waals surface area contributed by atoms with Gasteiger partial charge in [0.1, 0.15) is 0 Å². The minimum absolute atomic E-state index is 0.117. The number of amides is 1. The number of rotatable bonds is 3. The second-order valence-electron chi connectivity index (χ2n) is 5.27. The molecule has 1 aromatic carbocycles. The molecule has 0 aliphatic carbocycles. The van der Waals surface area contributed by atoms with Crippen molar-refractivity contribution in [3.63, 3.8) is 0 Å². The lowest BCUT2D eigenvalue weighted by Gasteiger charge is -2.19. The molecule has 0 spiro atoms. The van der Waals surface area contributed by atoms with Gasteiger partial charge in [0.25, 0.3) is 0 Å².